The van der Waals surface area contributed by atoms with Crippen LogP contribution in [0.15, 0.2) is 53.6 Å². The zero-order valence-corrected chi connectivity index (χ0v) is 24.9. The molecule has 2 aliphatic heterocycles. The molecule has 0 atom stereocenters. The number of likely N-dealkylation sites (tertiary alicyclic amines) is 1. The van der Waals surface area contributed by atoms with Crippen LogP contribution in [-0.4, -0.2) is 65.4 Å². The van der Waals surface area contributed by atoms with Gasteiger partial charge in [0.25, 0.3) is 5.56 Å². The van der Waals surface area contributed by atoms with E-state index >= 15 is 0 Å². The van der Waals surface area contributed by atoms with Crippen LogP contribution >= 0.6 is 0 Å². The van der Waals surface area contributed by atoms with Gasteiger partial charge in [0.1, 0.15) is 5.82 Å². The third kappa shape index (κ3) is 5.33. The van der Waals surface area contributed by atoms with Gasteiger partial charge in [-0.3, -0.25) is 14.3 Å². The quantitative estimate of drug-likeness (QED) is 0.298. The van der Waals surface area contributed by atoms with Crippen LogP contribution in [0.3, 0.4) is 0 Å². The first-order valence-corrected chi connectivity index (χ1v) is 15.3. The van der Waals surface area contributed by atoms with Crippen LogP contribution in [0, 0.1) is 0 Å². The highest BCUT2D eigenvalue weighted by atomic mass is 16.5. The molecule has 0 amide bonds. The van der Waals surface area contributed by atoms with E-state index in [9.17, 15) is 4.79 Å². The Bertz CT molecular complexity index is 1560. The molecule has 5 heterocycles. The molecule has 216 valence electrons. The monoisotopic (exact) mass is 553 g/mol. The van der Waals surface area contributed by atoms with E-state index in [1.54, 1.807) is 12.4 Å². The third-order valence-corrected chi connectivity index (χ3v) is 8.97. The smallest absolute Gasteiger partial charge is 0.259 e. The zero-order chi connectivity index (χ0) is 28.5. The number of hydrogen-bond donors (Lipinski definition) is 1. The lowest BCUT2D eigenvalue weighted by molar-refractivity contribution is 0.122. The molecule has 0 spiro atoms. The first-order chi connectivity index (χ1) is 20.0. The van der Waals surface area contributed by atoms with Gasteiger partial charge in [-0.15, -0.1) is 0 Å². The highest BCUT2D eigenvalue weighted by Crippen LogP contribution is 2.42. The average molecular weight is 554 g/mol. The SMILES string of the molecule is CCCN1CCC(c2ccc3[nH]c(-c4cc(-c5cccnc5)c(=O)n(C)c4N4CCOCC4)c(C(C)C)c3c2)CC1. The topological polar surface area (TPSA) is 66.4 Å². The minimum absolute atomic E-state index is 0.0119. The highest BCUT2D eigenvalue weighted by molar-refractivity contribution is 5.95. The van der Waals surface area contributed by atoms with E-state index in [0.717, 1.165) is 41.2 Å². The van der Waals surface area contributed by atoms with E-state index in [0.29, 0.717) is 30.6 Å². The number of ether oxygens (including phenoxy) is 1. The lowest BCUT2D eigenvalue weighted by Crippen LogP contribution is -2.40. The Kier molecular flexibility index (Phi) is 8.00. The number of hydrogen-bond acceptors (Lipinski definition) is 5. The minimum Gasteiger partial charge on any atom is -0.378 e. The number of H-pyrrole nitrogens is 1. The molecule has 0 aliphatic carbocycles. The molecule has 1 aromatic carbocycles. The zero-order valence-electron chi connectivity index (χ0n) is 24.9. The molecular weight excluding hydrogens is 510 g/mol. The second-order valence-electron chi connectivity index (χ2n) is 12.0. The van der Waals surface area contributed by atoms with Crippen LogP contribution in [0.2, 0.25) is 0 Å². The number of rotatable bonds is 7. The maximum Gasteiger partial charge on any atom is 0.259 e. The van der Waals surface area contributed by atoms with Gasteiger partial charge in [0.05, 0.1) is 18.9 Å². The fourth-order valence-corrected chi connectivity index (χ4v) is 6.90. The van der Waals surface area contributed by atoms with Gasteiger partial charge in [-0.2, -0.15) is 0 Å². The van der Waals surface area contributed by atoms with Gasteiger partial charge in [0, 0.05) is 60.1 Å². The van der Waals surface area contributed by atoms with E-state index in [-0.39, 0.29) is 5.56 Å². The van der Waals surface area contributed by atoms with Crippen molar-refractivity contribution in [3.8, 4) is 22.4 Å². The second-order valence-corrected chi connectivity index (χ2v) is 12.0. The van der Waals surface area contributed by atoms with Crippen molar-refractivity contribution in [1.82, 2.24) is 19.4 Å². The summed E-state index contributed by atoms with van der Waals surface area (Å²) in [6.45, 7) is 13.2. The molecule has 1 N–H and O–H groups in total. The molecule has 41 heavy (non-hydrogen) atoms. The molecule has 7 nitrogen and oxygen atoms in total. The summed E-state index contributed by atoms with van der Waals surface area (Å²) >= 11 is 0. The van der Waals surface area contributed by atoms with Crippen molar-refractivity contribution in [3.05, 3.63) is 70.3 Å². The van der Waals surface area contributed by atoms with Crippen molar-refractivity contribution in [2.75, 3.05) is 50.8 Å². The van der Waals surface area contributed by atoms with Crippen LogP contribution < -0.4 is 10.5 Å². The highest BCUT2D eigenvalue weighted by Gasteiger charge is 2.27. The Morgan fingerprint density at radius 3 is 2.51 bits per heavy atom. The standard InChI is InChI=1S/C34H43N5O2/c1-5-13-38-14-10-24(11-15-38)25-8-9-30-28(20-25)31(23(2)3)32(36-30)29-21-27(26-7-6-12-35-22-26)34(40)37(4)33(29)39-16-18-41-19-17-39/h6-9,12,20-24,36H,5,10-11,13-19H2,1-4H3. The van der Waals surface area contributed by atoms with Crippen LogP contribution in [0.5, 0.6) is 0 Å². The lowest BCUT2D eigenvalue weighted by atomic mass is 9.87. The molecule has 6 rings (SSSR count). The van der Waals surface area contributed by atoms with E-state index in [1.165, 1.54) is 55.4 Å². The number of morpholine rings is 1. The fraction of sp³-hybridized carbons (Fsp3) is 0.471. The molecule has 2 saturated heterocycles. The molecule has 0 unspecified atom stereocenters. The van der Waals surface area contributed by atoms with Gasteiger partial charge >= 0.3 is 0 Å². The molecule has 2 aliphatic rings. The van der Waals surface area contributed by atoms with Crippen molar-refractivity contribution in [2.24, 2.45) is 7.05 Å². The van der Waals surface area contributed by atoms with E-state index in [1.807, 2.05) is 23.7 Å². The molecule has 7 heteroatoms. The number of aromatic nitrogens is 3. The Morgan fingerprint density at radius 1 is 1.05 bits per heavy atom. The number of nitrogens with one attached hydrogen (secondary N) is 1. The van der Waals surface area contributed by atoms with Crippen LogP contribution in [0.1, 0.15) is 63.0 Å². The fourth-order valence-electron chi connectivity index (χ4n) is 6.90. The number of pyridine rings is 2. The molecular formula is C34H43N5O2. The van der Waals surface area contributed by atoms with Gasteiger partial charge in [-0.25, -0.2) is 0 Å². The minimum atomic E-state index is -0.0119. The summed E-state index contributed by atoms with van der Waals surface area (Å²) in [5.41, 5.74) is 7.57. The van der Waals surface area contributed by atoms with Crippen molar-refractivity contribution in [3.63, 3.8) is 0 Å². The summed E-state index contributed by atoms with van der Waals surface area (Å²) in [5, 5.41) is 1.30. The Morgan fingerprint density at radius 2 is 1.83 bits per heavy atom. The van der Waals surface area contributed by atoms with E-state index in [2.05, 4.69) is 64.8 Å². The molecule has 0 saturated carbocycles. The van der Waals surface area contributed by atoms with Crippen molar-refractivity contribution in [1.29, 1.82) is 0 Å². The number of benzene rings is 1. The van der Waals surface area contributed by atoms with Gasteiger partial charge in [0.2, 0.25) is 0 Å². The number of aromatic amines is 1. The van der Waals surface area contributed by atoms with Crippen molar-refractivity contribution >= 4 is 16.7 Å². The maximum atomic E-state index is 13.8. The van der Waals surface area contributed by atoms with Crippen molar-refractivity contribution < 1.29 is 4.74 Å². The van der Waals surface area contributed by atoms with Gasteiger partial charge in [-0.05, 0) is 86.1 Å². The summed E-state index contributed by atoms with van der Waals surface area (Å²) in [6.07, 6.45) is 7.19. The summed E-state index contributed by atoms with van der Waals surface area (Å²) in [4.78, 5) is 26.8. The predicted molar refractivity (Wildman–Crippen MR) is 168 cm³/mol. The second kappa shape index (κ2) is 11.8. The predicted octanol–water partition coefficient (Wildman–Crippen LogP) is 6.15. The first kappa shape index (κ1) is 27.7. The molecule has 0 radical (unpaired) electrons. The Labute approximate surface area is 243 Å². The van der Waals surface area contributed by atoms with Crippen LogP contribution in [0.25, 0.3) is 33.3 Å². The first-order valence-electron chi connectivity index (χ1n) is 15.3. The summed E-state index contributed by atoms with van der Waals surface area (Å²) in [7, 11) is 1.90. The Hall–Kier alpha value is -3.42. The summed E-state index contributed by atoms with van der Waals surface area (Å²) in [5.74, 6) is 1.85. The summed E-state index contributed by atoms with van der Waals surface area (Å²) < 4.78 is 7.51. The molecule has 0 bridgehead atoms. The average Bonchev–Trinajstić information content (AvgIpc) is 3.39. The Balaban J connectivity index is 1.51. The number of nitrogens with zero attached hydrogens (tertiary/aromatic N) is 4. The molecule has 2 fully saturated rings. The maximum absolute atomic E-state index is 13.8. The van der Waals surface area contributed by atoms with Gasteiger partial charge in [-0.1, -0.05) is 32.9 Å². The largest absolute Gasteiger partial charge is 0.378 e. The van der Waals surface area contributed by atoms with Crippen LogP contribution in [0.4, 0.5) is 5.82 Å². The van der Waals surface area contributed by atoms with Crippen molar-refractivity contribution in [2.45, 2.75) is 51.9 Å². The van der Waals surface area contributed by atoms with E-state index < -0.39 is 0 Å². The molecule has 3 aromatic heterocycles. The number of fused-ring (bicyclic) bond motifs is 1. The van der Waals surface area contributed by atoms with Gasteiger partial charge < -0.3 is 19.5 Å². The third-order valence-electron chi connectivity index (χ3n) is 8.97. The van der Waals surface area contributed by atoms with E-state index in [4.69, 9.17) is 4.74 Å². The normalized spacial score (nSPS) is 17.1. The number of anilines is 1. The molecule has 4 aromatic rings. The van der Waals surface area contributed by atoms with Crippen LogP contribution in [-0.2, 0) is 11.8 Å². The number of piperidine rings is 1. The lowest BCUT2D eigenvalue weighted by Gasteiger charge is -2.32. The summed E-state index contributed by atoms with van der Waals surface area (Å²) in [6, 6.07) is 13.0. The van der Waals surface area contributed by atoms with Gasteiger partial charge in [0.15, 0.2) is 0 Å².